The Morgan fingerprint density at radius 2 is 0.820 bits per heavy atom. The molecule has 9 nitrogen and oxygen atoms in total. The van der Waals surface area contributed by atoms with Crippen molar-refractivity contribution in [1.82, 2.24) is 0 Å². The zero-order chi connectivity index (χ0) is 34.7. The SMILES string of the molecule is O=C(OCC1O[C@H](Sc2ccccc2)C(OC(=O)c2ccccc2)[C@@H](OC(=O)c2ccccc2)[C@@H]1OC(=O)c1ccccc1)c1ccccc1. The third-order valence-electron chi connectivity index (χ3n) is 7.73. The molecule has 5 aromatic rings. The van der Waals surface area contributed by atoms with E-state index in [2.05, 4.69) is 0 Å². The van der Waals surface area contributed by atoms with Crippen molar-refractivity contribution in [2.24, 2.45) is 0 Å². The maximum absolute atomic E-state index is 13.7. The Hall–Kier alpha value is -5.71. The Morgan fingerprint density at radius 1 is 0.460 bits per heavy atom. The summed E-state index contributed by atoms with van der Waals surface area (Å²) < 4.78 is 30.5. The third-order valence-corrected chi connectivity index (χ3v) is 8.89. The predicted molar refractivity (Wildman–Crippen MR) is 185 cm³/mol. The summed E-state index contributed by atoms with van der Waals surface area (Å²) in [7, 11) is 0. The maximum Gasteiger partial charge on any atom is 0.338 e. The number of rotatable bonds is 11. The van der Waals surface area contributed by atoms with Crippen LogP contribution in [0.5, 0.6) is 0 Å². The molecule has 0 aromatic heterocycles. The van der Waals surface area contributed by atoms with Crippen LogP contribution in [0.1, 0.15) is 41.4 Å². The topological polar surface area (TPSA) is 114 Å². The molecule has 0 radical (unpaired) electrons. The van der Waals surface area contributed by atoms with E-state index >= 15 is 0 Å². The minimum atomic E-state index is -1.40. The molecule has 0 saturated carbocycles. The molecule has 0 amide bonds. The van der Waals surface area contributed by atoms with Crippen molar-refractivity contribution in [3.63, 3.8) is 0 Å². The molecular weight excluding hydrogens is 656 g/mol. The van der Waals surface area contributed by atoms with Crippen molar-refractivity contribution in [3.8, 4) is 0 Å². The number of hydrogen-bond donors (Lipinski definition) is 0. The highest BCUT2D eigenvalue weighted by Gasteiger charge is 2.53. The number of carbonyl (C=O) groups is 4. The van der Waals surface area contributed by atoms with Crippen molar-refractivity contribution in [2.75, 3.05) is 6.61 Å². The Labute approximate surface area is 293 Å². The average Bonchev–Trinajstić information content (AvgIpc) is 3.17. The van der Waals surface area contributed by atoms with Crippen LogP contribution in [0.25, 0.3) is 0 Å². The third kappa shape index (κ3) is 8.65. The van der Waals surface area contributed by atoms with E-state index in [4.69, 9.17) is 23.7 Å². The van der Waals surface area contributed by atoms with Crippen LogP contribution in [-0.2, 0) is 23.7 Å². The minimum Gasteiger partial charge on any atom is -0.459 e. The molecule has 1 saturated heterocycles. The van der Waals surface area contributed by atoms with Gasteiger partial charge in [0.15, 0.2) is 18.3 Å². The second-order valence-electron chi connectivity index (χ2n) is 11.1. The lowest BCUT2D eigenvalue weighted by molar-refractivity contribution is -0.207. The summed E-state index contributed by atoms with van der Waals surface area (Å²) in [5.41, 5.74) is -0.0106. The zero-order valence-corrected chi connectivity index (χ0v) is 27.4. The highest BCUT2D eigenvalue weighted by molar-refractivity contribution is 7.99. The summed E-state index contributed by atoms with van der Waals surface area (Å²) in [6.45, 7) is -0.384. The molecule has 5 aromatic carbocycles. The van der Waals surface area contributed by atoms with Crippen LogP contribution in [0.4, 0.5) is 0 Å². The molecule has 0 N–H and O–H groups in total. The number of hydrogen-bond acceptors (Lipinski definition) is 10. The van der Waals surface area contributed by atoms with Gasteiger partial charge in [0.05, 0.1) is 22.3 Å². The van der Waals surface area contributed by atoms with E-state index in [-0.39, 0.29) is 23.3 Å². The van der Waals surface area contributed by atoms with E-state index in [1.807, 2.05) is 30.3 Å². The molecule has 1 aliphatic rings. The Balaban J connectivity index is 1.41. The van der Waals surface area contributed by atoms with E-state index < -0.39 is 53.7 Å². The Kier molecular flexibility index (Phi) is 11.3. The van der Waals surface area contributed by atoms with Gasteiger partial charge in [0, 0.05) is 4.90 Å². The molecule has 252 valence electrons. The number of ether oxygens (including phenoxy) is 5. The van der Waals surface area contributed by atoms with Gasteiger partial charge in [-0.05, 0) is 60.7 Å². The summed E-state index contributed by atoms with van der Waals surface area (Å²) >= 11 is 1.22. The van der Waals surface area contributed by atoms with Gasteiger partial charge in [-0.3, -0.25) is 0 Å². The molecule has 0 aliphatic carbocycles. The van der Waals surface area contributed by atoms with Crippen LogP contribution in [0.15, 0.2) is 157 Å². The van der Waals surface area contributed by atoms with Gasteiger partial charge in [-0.15, -0.1) is 0 Å². The van der Waals surface area contributed by atoms with E-state index in [1.54, 1.807) is 121 Å². The highest BCUT2D eigenvalue weighted by atomic mass is 32.2. The van der Waals surface area contributed by atoms with Gasteiger partial charge in [-0.25, -0.2) is 19.2 Å². The van der Waals surface area contributed by atoms with E-state index in [0.29, 0.717) is 5.56 Å². The quantitative estimate of drug-likeness (QED) is 0.106. The molecule has 5 atom stereocenters. The van der Waals surface area contributed by atoms with Gasteiger partial charge in [-0.1, -0.05) is 103 Å². The van der Waals surface area contributed by atoms with Crippen molar-refractivity contribution in [1.29, 1.82) is 0 Å². The van der Waals surface area contributed by atoms with E-state index in [0.717, 1.165) is 4.90 Å². The molecule has 1 heterocycles. The zero-order valence-electron chi connectivity index (χ0n) is 26.6. The van der Waals surface area contributed by atoms with Crippen molar-refractivity contribution < 1.29 is 42.9 Å². The van der Waals surface area contributed by atoms with E-state index in [9.17, 15) is 19.2 Å². The molecule has 1 aliphatic heterocycles. The van der Waals surface area contributed by atoms with Crippen LogP contribution in [0.2, 0.25) is 0 Å². The molecule has 10 heteroatoms. The molecule has 6 rings (SSSR count). The second-order valence-corrected chi connectivity index (χ2v) is 12.3. The first-order valence-electron chi connectivity index (χ1n) is 15.8. The van der Waals surface area contributed by atoms with Crippen LogP contribution in [0.3, 0.4) is 0 Å². The van der Waals surface area contributed by atoms with Crippen molar-refractivity contribution >= 4 is 35.6 Å². The van der Waals surface area contributed by atoms with Crippen LogP contribution >= 0.6 is 11.8 Å². The molecule has 1 fully saturated rings. The summed E-state index contributed by atoms with van der Waals surface area (Å²) in [6, 6.07) is 42.5. The lowest BCUT2D eigenvalue weighted by atomic mass is 9.98. The minimum absolute atomic E-state index is 0.222. The Morgan fingerprint density at radius 3 is 1.26 bits per heavy atom. The van der Waals surface area contributed by atoms with Crippen molar-refractivity contribution in [3.05, 3.63) is 174 Å². The molecule has 0 bridgehead atoms. The van der Waals surface area contributed by atoms with Gasteiger partial charge < -0.3 is 23.7 Å². The summed E-state index contributed by atoms with van der Waals surface area (Å²) in [5.74, 6) is -2.84. The summed E-state index contributed by atoms with van der Waals surface area (Å²) in [4.78, 5) is 54.7. The first-order valence-corrected chi connectivity index (χ1v) is 16.7. The first kappa shape index (κ1) is 34.2. The summed E-state index contributed by atoms with van der Waals surface area (Å²) in [5, 5.41) is 0. The fraction of sp³-hybridized carbons (Fsp3) is 0.150. The fourth-order valence-corrected chi connectivity index (χ4v) is 6.38. The van der Waals surface area contributed by atoms with Crippen LogP contribution in [0, 0.1) is 0 Å². The fourth-order valence-electron chi connectivity index (χ4n) is 5.26. The maximum atomic E-state index is 13.7. The average molecular weight is 689 g/mol. The lowest BCUT2D eigenvalue weighted by Gasteiger charge is -2.44. The predicted octanol–water partition coefficient (Wildman–Crippen LogP) is 7.04. The van der Waals surface area contributed by atoms with Gasteiger partial charge in [0.25, 0.3) is 0 Å². The summed E-state index contributed by atoms with van der Waals surface area (Å²) in [6.07, 6.45) is -5.24. The standard InChI is InChI=1S/C40H32O9S/c41-36(27-16-6-1-7-17-27)45-26-32-33(47-37(42)28-18-8-2-9-19-28)34(48-38(43)29-20-10-3-11-21-29)35(49-39(44)30-22-12-4-13-23-30)40(46-32)50-31-24-14-5-15-25-31/h1-25,32-35,40H,26H2/t32?,33-,34+,35?,40-/m1/s1. The van der Waals surface area contributed by atoms with Crippen LogP contribution < -0.4 is 0 Å². The molecule has 2 unspecified atom stereocenters. The van der Waals surface area contributed by atoms with Crippen LogP contribution in [-0.4, -0.2) is 60.3 Å². The van der Waals surface area contributed by atoms with Crippen molar-refractivity contribution in [2.45, 2.75) is 34.7 Å². The normalized spacial score (nSPS) is 19.8. The molecule has 0 spiro atoms. The Bertz CT molecular complexity index is 1870. The van der Waals surface area contributed by atoms with Gasteiger partial charge in [0.2, 0.25) is 0 Å². The first-order chi connectivity index (χ1) is 24.5. The molecular formula is C40H32O9S. The number of thioether (sulfide) groups is 1. The van der Waals surface area contributed by atoms with Gasteiger partial charge in [0.1, 0.15) is 18.1 Å². The number of esters is 4. The van der Waals surface area contributed by atoms with E-state index in [1.165, 1.54) is 11.8 Å². The smallest absolute Gasteiger partial charge is 0.338 e. The lowest BCUT2D eigenvalue weighted by Crippen LogP contribution is -2.61. The monoisotopic (exact) mass is 688 g/mol. The van der Waals surface area contributed by atoms with Gasteiger partial charge in [-0.2, -0.15) is 0 Å². The number of carbonyl (C=O) groups excluding carboxylic acids is 4. The molecule has 50 heavy (non-hydrogen) atoms. The largest absolute Gasteiger partial charge is 0.459 e. The highest BCUT2D eigenvalue weighted by Crippen LogP contribution is 2.38. The van der Waals surface area contributed by atoms with Gasteiger partial charge >= 0.3 is 23.9 Å². The second kappa shape index (κ2) is 16.6. The number of benzene rings is 5.